The summed E-state index contributed by atoms with van der Waals surface area (Å²) >= 11 is 1.42. The van der Waals surface area contributed by atoms with Gasteiger partial charge in [0, 0.05) is 5.92 Å². The van der Waals surface area contributed by atoms with Gasteiger partial charge in [-0.05, 0) is 25.0 Å². The molecule has 3 rings (SSSR count). The quantitative estimate of drug-likeness (QED) is 0.751. The third-order valence-corrected chi connectivity index (χ3v) is 6.41. The van der Waals surface area contributed by atoms with Crippen LogP contribution in [-0.2, 0) is 16.4 Å². The number of nitrogens with one attached hydrogen (secondary N) is 1. The Hall–Kier alpha value is -1.93. The minimum absolute atomic E-state index is 0.103. The monoisotopic (exact) mass is 364 g/mol. The van der Waals surface area contributed by atoms with Crippen LogP contribution in [0.5, 0.6) is 0 Å². The molecule has 128 valence electrons. The van der Waals surface area contributed by atoms with E-state index in [-0.39, 0.29) is 10.9 Å². The van der Waals surface area contributed by atoms with Gasteiger partial charge >= 0.3 is 0 Å². The van der Waals surface area contributed by atoms with Gasteiger partial charge in [0.25, 0.3) is 10.0 Å². The SMILES string of the molecule is CCc1ccccc1NS(=O)(=O)c1c(C)nc2sc(C(C)C)nn12. The molecule has 0 aliphatic heterocycles. The van der Waals surface area contributed by atoms with Crippen LogP contribution in [0.3, 0.4) is 0 Å². The Kier molecular flexibility index (Phi) is 4.35. The normalized spacial score (nSPS) is 12.2. The van der Waals surface area contributed by atoms with Gasteiger partial charge in [-0.1, -0.05) is 50.3 Å². The van der Waals surface area contributed by atoms with Gasteiger partial charge in [0.2, 0.25) is 9.99 Å². The Morgan fingerprint density at radius 1 is 1.29 bits per heavy atom. The van der Waals surface area contributed by atoms with E-state index in [1.807, 2.05) is 39.0 Å². The number of benzene rings is 1. The molecule has 0 radical (unpaired) electrons. The Labute approximate surface area is 145 Å². The molecule has 1 N–H and O–H groups in total. The van der Waals surface area contributed by atoms with Crippen LogP contribution in [0, 0.1) is 6.92 Å². The lowest BCUT2D eigenvalue weighted by molar-refractivity contribution is 0.591. The topological polar surface area (TPSA) is 76.4 Å². The van der Waals surface area contributed by atoms with Gasteiger partial charge in [0.15, 0.2) is 0 Å². The molecule has 0 saturated carbocycles. The summed E-state index contributed by atoms with van der Waals surface area (Å²) < 4.78 is 30.0. The van der Waals surface area contributed by atoms with Crippen molar-refractivity contribution in [3.8, 4) is 0 Å². The van der Waals surface area contributed by atoms with Crippen molar-refractivity contribution in [3.63, 3.8) is 0 Å². The van der Waals surface area contributed by atoms with Gasteiger partial charge in [-0.3, -0.25) is 4.72 Å². The predicted octanol–water partition coefficient (Wildman–Crippen LogP) is 3.59. The minimum Gasteiger partial charge on any atom is -0.278 e. The Morgan fingerprint density at radius 2 is 2.00 bits per heavy atom. The zero-order valence-electron chi connectivity index (χ0n) is 14.1. The molecule has 0 unspecified atom stereocenters. The molecular weight excluding hydrogens is 344 g/mol. The van der Waals surface area contributed by atoms with E-state index < -0.39 is 10.0 Å². The molecule has 0 aliphatic rings. The number of rotatable bonds is 5. The maximum Gasteiger partial charge on any atom is 0.281 e. The molecule has 6 nitrogen and oxygen atoms in total. The molecule has 1 aromatic carbocycles. The molecule has 0 aliphatic carbocycles. The Balaban J connectivity index is 2.09. The molecule has 24 heavy (non-hydrogen) atoms. The number of para-hydroxylation sites is 1. The molecule has 0 spiro atoms. The summed E-state index contributed by atoms with van der Waals surface area (Å²) in [7, 11) is -3.78. The summed E-state index contributed by atoms with van der Waals surface area (Å²) in [4.78, 5) is 4.96. The number of hydrogen-bond donors (Lipinski definition) is 1. The van der Waals surface area contributed by atoms with Crippen molar-refractivity contribution in [3.05, 3.63) is 40.5 Å². The van der Waals surface area contributed by atoms with Gasteiger partial charge in [-0.2, -0.15) is 18.0 Å². The molecule has 3 aromatic rings. The molecule has 8 heteroatoms. The third kappa shape index (κ3) is 2.91. The number of aryl methyl sites for hydroxylation is 2. The highest BCUT2D eigenvalue weighted by Gasteiger charge is 2.26. The zero-order valence-corrected chi connectivity index (χ0v) is 15.7. The predicted molar refractivity (Wildman–Crippen MR) is 96.3 cm³/mol. The first-order valence-corrected chi connectivity index (χ1v) is 10.1. The minimum atomic E-state index is -3.78. The number of nitrogens with zero attached hydrogens (tertiary/aromatic N) is 3. The number of imidazole rings is 1. The largest absolute Gasteiger partial charge is 0.281 e. The van der Waals surface area contributed by atoms with Crippen molar-refractivity contribution in [1.29, 1.82) is 0 Å². The molecule has 0 bridgehead atoms. The van der Waals surface area contributed by atoms with Gasteiger partial charge in [0.05, 0.1) is 11.4 Å². The van der Waals surface area contributed by atoms with Crippen LogP contribution in [-0.4, -0.2) is 23.0 Å². The fraction of sp³-hybridized carbons (Fsp3) is 0.375. The van der Waals surface area contributed by atoms with Crippen LogP contribution in [0.2, 0.25) is 0 Å². The van der Waals surface area contributed by atoms with Crippen LogP contribution >= 0.6 is 11.3 Å². The van der Waals surface area contributed by atoms with Crippen LogP contribution in [0.1, 0.15) is 43.0 Å². The van der Waals surface area contributed by atoms with Gasteiger partial charge in [0.1, 0.15) is 5.01 Å². The molecule has 0 fully saturated rings. The molecular formula is C16H20N4O2S2. The Morgan fingerprint density at radius 3 is 2.67 bits per heavy atom. The van der Waals surface area contributed by atoms with Crippen molar-refractivity contribution in [2.45, 2.75) is 45.1 Å². The van der Waals surface area contributed by atoms with E-state index in [1.165, 1.54) is 15.9 Å². The van der Waals surface area contributed by atoms with E-state index in [0.29, 0.717) is 16.3 Å². The summed E-state index contributed by atoms with van der Waals surface area (Å²) in [5, 5.41) is 5.40. The van der Waals surface area contributed by atoms with Crippen molar-refractivity contribution in [1.82, 2.24) is 14.6 Å². The van der Waals surface area contributed by atoms with Gasteiger partial charge in [-0.15, -0.1) is 0 Å². The smallest absolute Gasteiger partial charge is 0.278 e. The van der Waals surface area contributed by atoms with Gasteiger partial charge in [-0.25, -0.2) is 4.98 Å². The standard InChI is InChI=1S/C16H20N4O2S2/c1-5-12-8-6-7-9-13(12)19-24(21,22)15-11(4)17-16-20(15)18-14(23-16)10(2)3/h6-10,19H,5H2,1-4H3. The van der Waals surface area contributed by atoms with Crippen molar-refractivity contribution >= 4 is 32.0 Å². The zero-order chi connectivity index (χ0) is 17.5. The maximum atomic E-state index is 12.9. The number of sulfonamides is 1. The summed E-state index contributed by atoms with van der Waals surface area (Å²) in [6.45, 7) is 7.73. The van der Waals surface area contributed by atoms with Gasteiger partial charge < -0.3 is 0 Å². The highest BCUT2D eigenvalue weighted by atomic mass is 32.2. The highest BCUT2D eigenvalue weighted by molar-refractivity contribution is 7.92. The van der Waals surface area contributed by atoms with Crippen LogP contribution in [0.15, 0.2) is 29.3 Å². The lowest BCUT2D eigenvalue weighted by Gasteiger charge is -2.11. The van der Waals surface area contributed by atoms with E-state index in [0.717, 1.165) is 17.0 Å². The summed E-state index contributed by atoms with van der Waals surface area (Å²) in [6, 6.07) is 7.39. The van der Waals surface area contributed by atoms with Crippen LogP contribution < -0.4 is 4.72 Å². The third-order valence-electron chi connectivity index (χ3n) is 3.73. The summed E-state index contributed by atoms with van der Waals surface area (Å²) in [6.07, 6.45) is 0.744. The first-order valence-electron chi connectivity index (χ1n) is 7.80. The summed E-state index contributed by atoms with van der Waals surface area (Å²) in [5.41, 5.74) is 1.99. The molecule has 2 heterocycles. The summed E-state index contributed by atoms with van der Waals surface area (Å²) in [5.74, 6) is 0.223. The molecule has 0 amide bonds. The van der Waals surface area contributed by atoms with E-state index in [1.54, 1.807) is 13.0 Å². The molecule has 0 atom stereocenters. The number of aromatic nitrogens is 3. The molecule has 2 aromatic heterocycles. The van der Waals surface area contributed by atoms with E-state index in [4.69, 9.17) is 0 Å². The fourth-order valence-electron chi connectivity index (χ4n) is 2.51. The lowest BCUT2D eigenvalue weighted by atomic mass is 10.1. The Bertz CT molecular complexity index is 987. The second-order valence-corrected chi connectivity index (χ2v) is 8.49. The second-order valence-electron chi connectivity index (χ2n) is 5.91. The number of hydrogen-bond acceptors (Lipinski definition) is 5. The van der Waals surface area contributed by atoms with Crippen molar-refractivity contribution < 1.29 is 8.42 Å². The van der Waals surface area contributed by atoms with Crippen molar-refractivity contribution in [2.75, 3.05) is 4.72 Å². The average molecular weight is 364 g/mol. The maximum absolute atomic E-state index is 12.9. The highest BCUT2D eigenvalue weighted by Crippen LogP contribution is 2.28. The first-order chi connectivity index (χ1) is 11.3. The molecule has 0 saturated heterocycles. The average Bonchev–Trinajstić information content (AvgIpc) is 3.03. The first kappa shape index (κ1) is 16.9. The van der Waals surface area contributed by atoms with Crippen LogP contribution in [0.25, 0.3) is 4.96 Å². The van der Waals surface area contributed by atoms with Crippen LogP contribution in [0.4, 0.5) is 5.69 Å². The number of fused-ring (bicyclic) bond motifs is 1. The van der Waals surface area contributed by atoms with Crippen molar-refractivity contribution in [2.24, 2.45) is 0 Å². The second kappa shape index (κ2) is 6.18. The van der Waals surface area contributed by atoms with E-state index >= 15 is 0 Å². The van der Waals surface area contributed by atoms with E-state index in [9.17, 15) is 8.42 Å². The van der Waals surface area contributed by atoms with E-state index in [2.05, 4.69) is 14.8 Å². The number of anilines is 1. The fourth-order valence-corrected chi connectivity index (χ4v) is 4.89. The lowest BCUT2D eigenvalue weighted by Crippen LogP contribution is -2.17.